The lowest BCUT2D eigenvalue weighted by molar-refractivity contribution is 0.0988. The largest absolute Gasteiger partial charge is 0.558 e. The standard InChI is InChI=1S/C12H16OP/c1-8-6-9(2)12(10(3)7-8)11(13)4-5-14/h6-7,14H,4-5H2,1-3H3/q-1. The van der Waals surface area contributed by atoms with E-state index >= 15 is 0 Å². The predicted octanol–water partition coefficient (Wildman–Crippen LogP) is 3.33. The monoisotopic (exact) mass is 207 g/mol. The number of benzene rings is 1. The molecule has 0 aliphatic rings. The topological polar surface area (TPSA) is 17.1 Å². The van der Waals surface area contributed by atoms with Crippen molar-refractivity contribution in [3.05, 3.63) is 34.4 Å². The van der Waals surface area contributed by atoms with Gasteiger partial charge in [0, 0.05) is 5.56 Å². The van der Waals surface area contributed by atoms with Crippen molar-refractivity contribution in [3.8, 4) is 0 Å². The van der Waals surface area contributed by atoms with Gasteiger partial charge in [-0.2, -0.15) is 6.16 Å². The first-order valence-electron chi connectivity index (χ1n) is 4.82. The molecule has 1 rings (SSSR count). The number of aryl methyl sites for hydroxylation is 3. The molecule has 76 valence electrons. The highest BCUT2D eigenvalue weighted by Crippen LogP contribution is 2.18. The summed E-state index contributed by atoms with van der Waals surface area (Å²) < 4.78 is 0. The molecule has 0 fully saturated rings. The highest BCUT2D eigenvalue weighted by atomic mass is 31.0. The smallest absolute Gasteiger partial charge is 0.161 e. The van der Waals surface area contributed by atoms with Gasteiger partial charge >= 0.3 is 0 Å². The van der Waals surface area contributed by atoms with Gasteiger partial charge < -0.3 is 9.24 Å². The van der Waals surface area contributed by atoms with E-state index in [2.05, 4.69) is 28.3 Å². The molecule has 0 radical (unpaired) electrons. The second-order valence-electron chi connectivity index (χ2n) is 3.70. The average Bonchev–Trinajstić information content (AvgIpc) is 2.01. The first-order valence-corrected chi connectivity index (χ1v) is 5.52. The molecule has 1 aromatic carbocycles. The normalized spacial score (nSPS) is 10.3. The number of carbonyl (C=O) groups is 1. The lowest BCUT2D eigenvalue weighted by atomic mass is 9.96. The third-order valence-corrected chi connectivity index (χ3v) is 2.56. The van der Waals surface area contributed by atoms with E-state index < -0.39 is 0 Å². The maximum Gasteiger partial charge on any atom is 0.161 e. The predicted molar refractivity (Wildman–Crippen MR) is 62.8 cm³/mol. The molecule has 1 aromatic rings. The Balaban J connectivity index is 3.14. The SMILES string of the molecule is Cc1cc(C)c(C(=O)CC[PH-])c(C)c1. The zero-order valence-electron chi connectivity index (χ0n) is 8.98. The summed E-state index contributed by atoms with van der Waals surface area (Å²) in [6.45, 7) is 6.06. The lowest BCUT2D eigenvalue weighted by Crippen LogP contribution is -2.05. The molecule has 0 aromatic heterocycles. The summed E-state index contributed by atoms with van der Waals surface area (Å²) in [7, 11) is 3.34. The Labute approximate surface area is 88.1 Å². The lowest BCUT2D eigenvalue weighted by Gasteiger charge is -2.10. The van der Waals surface area contributed by atoms with E-state index in [1.54, 1.807) is 0 Å². The highest BCUT2D eigenvalue weighted by molar-refractivity contribution is 7.16. The molecule has 2 heteroatoms. The van der Waals surface area contributed by atoms with Crippen LogP contribution in [0.1, 0.15) is 33.5 Å². The zero-order chi connectivity index (χ0) is 10.7. The van der Waals surface area contributed by atoms with Crippen LogP contribution in [0.15, 0.2) is 12.1 Å². The van der Waals surface area contributed by atoms with Crippen LogP contribution in [0.3, 0.4) is 0 Å². The van der Waals surface area contributed by atoms with Crippen LogP contribution in [0, 0.1) is 20.8 Å². The minimum atomic E-state index is 0.231. The van der Waals surface area contributed by atoms with Gasteiger partial charge in [0.2, 0.25) is 0 Å². The highest BCUT2D eigenvalue weighted by Gasteiger charge is 2.10. The van der Waals surface area contributed by atoms with Crippen LogP contribution in [0.5, 0.6) is 0 Å². The summed E-state index contributed by atoms with van der Waals surface area (Å²) in [5.74, 6) is 0.231. The maximum absolute atomic E-state index is 11.8. The summed E-state index contributed by atoms with van der Waals surface area (Å²) in [5.41, 5.74) is 4.30. The molecule has 0 N–H and O–H groups in total. The van der Waals surface area contributed by atoms with E-state index in [-0.39, 0.29) is 5.78 Å². The van der Waals surface area contributed by atoms with Gasteiger partial charge in [-0.3, -0.25) is 4.79 Å². The van der Waals surface area contributed by atoms with Crippen molar-refractivity contribution >= 4 is 15.0 Å². The van der Waals surface area contributed by atoms with Gasteiger partial charge in [-0.05, 0) is 38.3 Å². The molecule has 0 aliphatic carbocycles. The molecular formula is C12H16OP-. The fraction of sp³-hybridized carbons (Fsp3) is 0.417. The molecular weight excluding hydrogens is 191 g/mol. The van der Waals surface area contributed by atoms with Gasteiger partial charge in [0.15, 0.2) is 5.78 Å². The summed E-state index contributed by atoms with van der Waals surface area (Å²) in [6.07, 6.45) is 1.30. The third kappa shape index (κ3) is 2.42. The van der Waals surface area contributed by atoms with Crippen molar-refractivity contribution in [2.24, 2.45) is 0 Å². The molecule has 0 saturated heterocycles. The Morgan fingerprint density at radius 2 is 1.71 bits per heavy atom. The second kappa shape index (κ2) is 4.70. The van der Waals surface area contributed by atoms with E-state index in [1.165, 1.54) is 5.56 Å². The molecule has 0 amide bonds. The van der Waals surface area contributed by atoms with E-state index in [1.807, 2.05) is 13.8 Å². The molecule has 0 unspecified atom stereocenters. The summed E-state index contributed by atoms with van der Waals surface area (Å²) in [4.78, 5) is 11.8. The van der Waals surface area contributed by atoms with Crippen LogP contribution in [-0.4, -0.2) is 11.9 Å². The Bertz CT molecular complexity index is 332. The van der Waals surface area contributed by atoms with Crippen LogP contribution < -0.4 is 0 Å². The molecule has 0 spiro atoms. The van der Waals surface area contributed by atoms with Crippen LogP contribution in [0.2, 0.25) is 0 Å². The minimum Gasteiger partial charge on any atom is -0.558 e. The summed E-state index contributed by atoms with van der Waals surface area (Å²) in [5, 5.41) is 0. The molecule has 0 bridgehead atoms. The van der Waals surface area contributed by atoms with Crippen LogP contribution >= 0.6 is 9.24 Å². The second-order valence-corrected chi connectivity index (χ2v) is 4.20. The number of ketones is 1. The molecule has 0 atom stereocenters. The molecule has 14 heavy (non-hydrogen) atoms. The Kier molecular flexibility index (Phi) is 3.83. The number of hydrogen-bond donors (Lipinski definition) is 0. The molecule has 1 nitrogen and oxygen atoms in total. The van der Waals surface area contributed by atoms with E-state index in [0.717, 1.165) is 22.9 Å². The zero-order valence-corrected chi connectivity index (χ0v) is 9.98. The average molecular weight is 207 g/mol. The fourth-order valence-corrected chi connectivity index (χ4v) is 2.09. The molecule has 0 aliphatic heterocycles. The van der Waals surface area contributed by atoms with Crippen molar-refractivity contribution in [3.63, 3.8) is 0 Å². The Morgan fingerprint density at radius 1 is 1.21 bits per heavy atom. The molecule has 0 saturated carbocycles. The first-order chi connectivity index (χ1) is 6.56. The third-order valence-electron chi connectivity index (χ3n) is 2.31. The van der Waals surface area contributed by atoms with Crippen LogP contribution in [-0.2, 0) is 0 Å². The summed E-state index contributed by atoms with van der Waals surface area (Å²) in [6, 6.07) is 4.13. The van der Waals surface area contributed by atoms with E-state index in [0.29, 0.717) is 6.42 Å². The molecule has 0 heterocycles. The number of Topliss-reactive ketones (excluding diaryl/α,β-unsaturated/α-hetero) is 1. The number of hydrogen-bond acceptors (Lipinski definition) is 1. The van der Waals surface area contributed by atoms with Crippen molar-refractivity contribution in [1.29, 1.82) is 0 Å². The quantitative estimate of drug-likeness (QED) is 0.549. The van der Waals surface area contributed by atoms with Gasteiger partial charge in [-0.1, -0.05) is 17.7 Å². The maximum atomic E-state index is 11.8. The van der Waals surface area contributed by atoms with Crippen molar-refractivity contribution < 1.29 is 4.79 Å². The van der Waals surface area contributed by atoms with Crippen molar-refractivity contribution in [2.45, 2.75) is 27.2 Å². The van der Waals surface area contributed by atoms with Crippen LogP contribution in [0.25, 0.3) is 0 Å². The Hall–Kier alpha value is -0.680. The summed E-state index contributed by atoms with van der Waals surface area (Å²) >= 11 is 0. The van der Waals surface area contributed by atoms with E-state index in [4.69, 9.17) is 0 Å². The van der Waals surface area contributed by atoms with Gasteiger partial charge in [-0.25, -0.2) is 0 Å². The number of rotatable bonds is 3. The van der Waals surface area contributed by atoms with Gasteiger partial charge in [0.25, 0.3) is 0 Å². The fourth-order valence-electron chi connectivity index (χ4n) is 1.86. The number of carbonyl (C=O) groups excluding carboxylic acids is 1. The van der Waals surface area contributed by atoms with Crippen LogP contribution in [0.4, 0.5) is 0 Å². The van der Waals surface area contributed by atoms with Gasteiger partial charge in [0.1, 0.15) is 0 Å². The first kappa shape index (κ1) is 11.4. The van der Waals surface area contributed by atoms with Crippen molar-refractivity contribution in [1.82, 2.24) is 0 Å². The Morgan fingerprint density at radius 3 is 2.14 bits per heavy atom. The van der Waals surface area contributed by atoms with Crippen molar-refractivity contribution in [2.75, 3.05) is 6.16 Å². The van der Waals surface area contributed by atoms with Gasteiger partial charge in [-0.15, -0.1) is 0 Å². The van der Waals surface area contributed by atoms with Gasteiger partial charge in [0.05, 0.1) is 0 Å². The van der Waals surface area contributed by atoms with E-state index in [9.17, 15) is 4.79 Å². The minimum absolute atomic E-state index is 0.231.